The second-order valence-electron chi connectivity index (χ2n) is 4.12. The third-order valence-corrected chi connectivity index (χ3v) is 3.18. The molecular weight excluding hydrogens is 325 g/mol. The molecule has 0 fully saturated rings. The number of rotatable bonds is 6. The topological polar surface area (TPSA) is 44.5 Å². The first-order valence-electron chi connectivity index (χ1n) is 6.18. The number of ether oxygens (including phenoxy) is 2. The Kier molecular flexibility index (Phi) is 5.38. The largest absolute Gasteiger partial charge is 0.490 e. The molecule has 0 unspecified atom stereocenters. The summed E-state index contributed by atoms with van der Waals surface area (Å²) >= 11 is 3.35. The maximum absolute atomic E-state index is 13.6. The van der Waals surface area contributed by atoms with E-state index in [0.29, 0.717) is 13.2 Å². The zero-order valence-electron chi connectivity index (χ0n) is 10.8. The summed E-state index contributed by atoms with van der Waals surface area (Å²) in [7, 11) is 0. The highest BCUT2D eigenvalue weighted by atomic mass is 79.9. The van der Waals surface area contributed by atoms with Crippen LogP contribution in [0, 0.1) is 5.82 Å². The predicted molar refractivity (Wildman–Crippen MR) is 79.4 cm³/mol. The summed E-state index contributed by atoms with van der Waals surface area (Å²) in [5.74, 6) is 0.550. The van der Waals surface area contributed by atoms with Gasteiger partial charge in [0.15, 0.2) is 11.6 Å². The van der Waals surface area contributed by atoms with E-state index in [9.17, 15) is 4.39 Å². The van der Waals surface area contributed by atoms with Crippen molar-refractivity contribution in [3.8, 4) is 11.5 Å². The lowest BCUT2D eigenvalue weighted by Gasteiger charge is -2.09. The van der Waals surface area contributed by atoms with Crippen LogP contribution >= 0.6 is 15.9 Å². The van der Waals surface area contributed by atoms with Gasteiger partial charge < -0.3 is 15.2 Å². The first kappa shape index (κ1) is 14.8. The first-order valence-corrected chi connectivity index (χ1v) is 6.98. The molecule has 2 aromatic rings. The molecule has 3 nitrogen and oxygen atoms in total. The van der Waals surface area contributed by atoms with Crippen molar-refractivity contribution in [3.63, 3.8) is 0 Å². The number of hydrogen-bond donors (Lipinski definition) is 1. The minimum atomic E-state index is -0.406. The van der Waals surface area contributed by atoms with Crippen molar-refractivity contribution in [2.75, 3.05) is 13.2 Å². The van der Waals surface area contributed by atoms with E-state index in [4.69, 9.17) is 15.2 Å². The quantitative estimate of drug-likeness (QED) is 0.819. The molecule has 106 valence electrons. The standard InChI is InChI=1S/C15H15BrFNO2/c16-12-2-4-13(5-3-12)19-7-8-20-15-6-1-11(10-18)9-14(15)17/h1-6,9H,7-8,10,18H2. The Morgan fingerprint density at radius 1 is 1.00 bits per heavy atom. The van der Waals surface area contributed by atoms with Gasteiger partial charge in [-0.05, 0) is 42.0 Å². The molecule has 2 N–H and O–H groups in total. The Bertz CT molecular complexity index is 560. The summed E-state index contributed by atoms with van der Waals surface area (Å²) in [5.41, 5.74) is 6.17. The molecule has 0 spiro atoms. The summed E-state index contributed by atoms with van der Waals surface area (Å²) < 4.78 is 25.4. The van der Waals surface area contributed by atoms with Crippen molar-refractivity contribution in [3.05, 3.63) is 58.3 Å². The van der Waals surface area contributed by atoms with E-state index < -0.39 is 5.82 Å². The Hall–Kier alpha value is -1.59. The molecule has 0 amide bonds. The lowest BCUT2D eigenvalue weighted by Crippen LogP contribution is -2.10. The Labute approximate surface area is 125 Å². The van der Waals surface area contributed by atoms with Gasteiger partial charge in [0.2, 0.25) is 0 Å². The summed E-state index contributed by atoms with van der Waals surface area (Å²) in [6.45, 7) is 0.929. The van der Waals surface area contributed by atoms with E-state index in [0.717, 1.165) is 15.8 Å². The average molecular weight is 340 g/mol. The lowest BCUT2D eigenvalue weighted by atomic mass is 10.2. The smallest absolute Gasteiger partial charge is 0.165 e. The van der Waals surface area contributed by atoms with Gasteiger partial charge >= 0.3 is 0 Å². The van der Waals surface area contributed by atoms with Gasteiger partial charge in [0, 0.05) is 11.0 Å². The fraction of sp³-hybridized carbons (Fsp3) is 0.200. The minimum Gasteiger partial charge on any atom is -0.490 e. The number of halogens is 2. The molecule has 5 heteroatoms. The first-order chi connectivity index (χ1) is 9.69. The average Bonchev–Trinajstić information content (AvgIpc) is 2.46. The molecule has 0 heterocycles. The molecule has 0 radical (unpaired) electrons. The predicted octanol–water partition coefficient (Wildman–Crippen LogP) is 3.50. The zero-order valence-corrected chi connectivity index (χ0v) is 12.4. The van der Waals surface area contributed by atoms with Gasteiger partial charge in [-0.2, -0.15) is 0 Å². The highest BCUT2D eigenvalue weighted by Crippen LogP contribution is 2.19. The van der Waals surface area contributed by atoms with Gasteiger partial charge in [-0.15, -0.1) is 0 Å². The second kappa shape index (κ2) is 7.26. The lowest BCUT2D eigenvalue weighted by molar-refractivity contribution is 0.211. The van der Waals surface area contributed by atoms with Crippen molar-refractivity contribution in [2.24, 2.45) is 5.73 Å². The van der Waals surface area contributed by atoms with Gasteiger partial charge in [-0.3, -0.25) is 0 Å². The third kappa shape index (κ3) is 4.21. The van der Waals surface area contributed by atoms with Crippen LogP contribution < -0.4 is 15.2 Å². The van der Waals surface area contributed by atoms with E-state index in [1.807, 2.05) is 24.3 Å². The molecule has 0 atom stereocenters. The SMILES string of the molecule is NCc1ccc(OCCOc2ccc(Br)cc2)c(F)c1. The van der Waals surface area contributed by atoms with E-state index in [1.54, 1.807) is 12.1 Å². The molecule has 0 bridgehead atoms. The van der Waals surface area contributed by atoms with Crippen molar-refractivity contribution >= 4 is 15.9 Å². The van der Waals surface area contributed by atoms with Crippen LogP contribution in [0.2, 0.25) is 0 Å². The fourth-order valence-corrected chi connectivity index (χ4v) is 1.89. The van der Waals surface area contributed by atoms with Crippen LogP contribution in [0.4, 0.5) is 4.39 Å². The normalized spacial score (nSPS) is 10.3. The molecule has 0 aliphatic carbocycles. The van der Waals surface area contributed by atoms with E-state index >= 15 is 0 Å². The summed E-state index contributed by atoms with van der Waals surface area (Å²) in [4.78, 5) is 0. The van der Waals surface area contributed by atoms with Crippen molar-refractivity contribution in [2.45, 2.75) is 6.54 Å². The minimum absolute atomic E-state index is 0.210. The summed E-state index contributed by atoms with van der Waals surface area (Å²) in [6.07, 6.45) is 0. The van der Waals surface area contributed by atoms with Crippen molar-refractivity contribution < 1.29 is 13.9 Å². The number of nitrogens with two attached hydrogens (primary N) is 1. The van der Waals surface area contributed by atoms with Crippen molar-refractivity contribution in [1.82, 2.24) is 0 Å². The molecular formula is C15H15BrFNO2. The Morgan fingerprint density at radius 3 is 2.35 bits per heavy atom. The zero-order chi connectivity index (χ0) is 14.4. The maximum atomic E-state index is 13.6. The maximum Gasteiger partial charge on any atom is 0.165 e. The van der Waals surface area contributed by atoms with Crippen LogP contribution in [0.5, 0.6) is 11.5 Å². The number of hydrogen-bond acceptors (Lipinski definition) is 3. The van der Waals surface area contributed by atoms with E-state index in [1.165, 1.54) is 6.07 Å². The van der Waals surface area contributed by atoms with Gasteiger partial charge in [0.05, 0.1) is 0 Å². The Balaban J connectivity index is 1.79. The molecule has 2 aromatic carbocycles. The second-order valence-corrected chi connectivity index (χ2v) is 5.04. The summed E-state index contributed by atoms with van der Waals surface area (Å²) in [5, 5.41) is 0. The van der Waals surface area contributed by atoms with Crippen LogP contribution in [0.3, 0.4) is 0 Å². The molecule has 0 aromatic heterocycles. The monoisotopic (exact) mass is 339 g/mol. The Morgan fingerprint density at radius 2 is 1.70 bits per heavy atom. The molecule has 0 aliphatic rings. The molecule has 20 heavy (non-hydrogen) atoms. The molecule has 0 saturated heterocycles. The fourth-order valence-electron chi connectivity index (χ4n) is 1.63. The highest BCUT2D eigenvalue weighted by Gasteiger charge is 2.04. The molecule has 0 aliphatic heterocycles. The van der Waals surface area contributed by atoms with Crippen LogP contribution in [-0.4, -0.2) is 13.2 Å². The third-order valence-electron chi connectivity index (χ3n) is 2.66. The van der Waals surface area contributed by atoms with Crippen molar-refractivity contribution in [1.29, 1.82) is 0 Å². The van der Waals surface area contributed by atoms with E-state index in [-0.39, 0.29) is 12.4 Å². The number of benzene rings is 2. The summed E-state index contributed by atoms with van der Waals surface area (Å²) in [6, 6.07) is 12.2. The van der Waals surface area contributed by atoms with Gasteiger partial charge in [0.1, 0.15) is 19.0 Å². The van der Waals surface area contributed by atoms with Crippen LogP contribution in [-0.2, 0) is 6.54 Å². The van der Waals surface area contributed by atoms with Crippen LogP contribution in [0.1, 0.15) is 5.56 Å². The van der Waals surface area contributed by atoms with Gasteiger partial charge in [-0.1, -0.05) is 22.0 Å². The van der Waals surface area contributed by atoms with Crippen LogP contribution in [0.25, 0.3) is 0 Å². The highest BCUT2D eigenvalue weighted by molar-refractivity contribution is 9.10. The van der Waals surface area contributed by atoms with Crippen LogP contribution in [0.15, 0.2) is 46.9 Å². The van der Waals surface area contributed by atoms with Gasteiger partial charge in [-0.25, -0.2) is 4.39 Å². The van der Waals surface area contributed by atoms with Gasteiger partial charge in [0.25, 0.3) is 0 Å². The van der Waals surface area contributed by atoms with E-state index in [2.05, 4.69) is 15.9 Å². The molecule has 2 rings (SSSR count). The molecule has 0 saturated carbocycles.